The zero-order valence-corrected chi connectivity index (χ0v) is 15.5. The zero-order chi connectivity index (χ0) is 20.5. The molecule has 2 N–H and O–H groups in total. The van der Waals surface area contributed by atoms with Crippen LogP contribution in [0.3, 0.4) is 0 Å². The molecular formula is C20H20N3O5-. The van der Waals surface area contributed by atoms with Gasteiger partial charge in [-0.1, -0.05) is 25.1 Å². The van der Waals surface area contributed by atoms with Crippen molar-refractivity contribution in [1.82, 2.24) is 5.43 Å². The number of carbonyl (C=O) groups is 3. The molecule has 0 unspecified atom stereocenters. The molecule has 0 bridgehead atoms. The molecule has 28 heavy (non-hydrogen) atoms. The number of hydrazone groups is 1. The number of hydrogen-bond acceptors (Lipinski definition) is 6. The Kier molecular flexibility index (Phi) is 7.27. The van der Waals surface area contributed by atoms with Crippen LogP contribution in [0.5, 0.6) is 5.75 Å². The number of carbonyl (C=O) groups excluding carboxylic acids is 3. The van der Waals surface area contributed by atoms with E-state index in [-0.39, 0.29) is 11.3 Å². The van der Waals surface area contributed by atoms with Gasteiger partial charge < -0.3 is 20.0 Å². The van der Waals surface area contributed by atoms with E-state index < -0.39 is 17.8 Å². The lowest BCUT2D eigenvalue weighted by Crippen LogP contribution is -2.32. The number of anilines is 1. The predicted molar refractivity (Wildman–Crippen MR) is 102 cm³/mol. The van der Waals surface area contributed by atoms with E-state index in [1.807, 2.05) is 19.1 Å². The van der Waals surface area contributed by atoms with Crippen LogP contribution in [0, 0.1) is 0 Å². The largest absolute Gasteiger partial charge is 0.545 e. The van der Waals surface area contributed by atoms with Gasteiger partial charge in [-0.15, -0.1) is 0 Å². The summed E-state index contributed by atoms with van der Waals surface area (Å²) in [6, 6.07) is 11.5. The fraction of sp³-hybridized carbons (Fsp3) is 0.200. The maximum Gasteiger partial charge on any atom is 0.329 e. The number of para-hydroxylation sites is 1. The lowest BCUT2D eigenvalue weighted by Gasteiger charge is -2.11. The maximum atomic E-state index is 12.0. The van der Waals surface area contributed by atoms with Gasteiger partial charge in [0.2, 0.25) is 0 Å². The molecule has 0 aromatic heterocycles. The fourth-order valence-electron chi connectivity index (χ4n) is 2.41. The van der Waals surface area contributed by atoms with E-state index in [2.05, 4.69) is 15.8 Å². The van der Waals surface area contributed by atoms with Gasteiger partial charge >= 0.3 is 11.8 Å². The van der Waals surface area contributed by atoms with Crippen molar-refractivity contribution >= 4 is 29.7 Å². The lowest BCUT2D eigenvalue weighted by molar-refractivity contribution is -0.255. The van der Waals surface area contributed by atoms with E-state index in [1.165, 1.54) is 18.3 Å². The third-order valence-electron chi connectivity index (χ3n) is 3.76. The van der Waals surface area contributed by atoms with Crippen molar-refractivity contribution in [3.8, 4) is 5.75 Å². The molecule has 2 amide bonds. The highest BCUT2D eigenvalue weighted by atomic mass is 16.5. The molecule has 8 nitrogen and oxygen atoms in total. The summed E-state index contributed by atoms with van der Waals surface area (Å²) in [4.78, 5) is 35.1. The van der Waals surface area contributed by atoms with Crippen LogP contribution in [0.15, 0.2) is 47.6 Å². The van der Waals surface area contributed by atoms with Crippen molar-refractivity contribution < 1.29 is 24.2 Å². The Hall–Kier alpha value is -3.68. The highest BCUT2D eigenvalue weighted by Gasteiger charge is 2.14. The second-order valence-electron chi connectivity index (χ2n) is 5.64. The van der Waals surface area contributed by atoms with Crippen molar-refractivity contribution in [2.45, 2.75) is 20.3 Å². The number of hydrogen-bond donors (Lipinski definition) is 2. The van der Waals surface area contributed by atoms with Gasteiger partial charge in [0.15, 0.2) is 0 Å². The first-order valence-electron chi connectivity index (χ1n) is 8.66. The Labute approximate surface area is 162 Å². The van der Waals surface area contributed by atoms with Crippen LogP contribution in [-0.4, -0.2) is 30.6 Å². The summed E-state index contributed by atoms with van der Waals surface area (Å²) in [5.74, 6) is -3.03. The monoisotopic (exact) mass is 382 g/mol. The SMILES string of the molecule is CCOc1ccc(/C=N\NC(=O)C(=O)Nc2ccccc2CC)cc1C(=O)[O-]. The molecule has 0 aliphatic carbocycles. The summed E-state index contributed by atoms with van der Waals surface area (Å²) in [7, 11) is 0. The van der Waals surface area contributed by atoms with Crippen molar-refractivity contribution in [3.63, 3.8) is 0 Å². The summed E-state index contributed by atoms with van der Waals surface area (Å²) < 4.78 is 5.21. The molecule has 2 rings (SSSR count). The predicted octanol–water partition coefficient (Wildman–Crippen LogP) is 1.10. The summed E-state index contributed by atoms with van der Waals surface area (Å²) in [5.41, 5.74) is 3.81. The minimum absolute atomic E-state index is 0.133. The molecule has 146 valence electrons. The van der Waals surface area contributed by atoms with Crippen LogP contribution >= 0.6 is 0 Å². The molecule has 0 aliphatic rings. The topological polar surface area (TPSA) is 120 Å². The van der Waals surface area contributed by atoms with Gasteiger partial charge in [-0.05, 0) is 48.7 Å². The first kappa shape index (κ1) is 20.6. The Morgan fingerprint density at radius 3 is 2.54 bits per heavy atom. The Morgan fingerprint density at radius 1 is 1.11 bits per heavy atom. The quantitative estimate of drug-likeness (QED) is 0.422. The molecule has 0 heterocycles. The van der Waals surface area contributed by atoms with Crippen LogP contribution < -0.4 is 20.6 Å². The molecule has 0 aliphatic heterocycles. The fourth-order valence-corrected chi connectivity index (χ4v) is 2.41. The number of aromatic carboxylic acids is 1. The van der Waals surface area contributed by atoms with Gasteiger partial charge in [-0.3, -0.25) is 9.59 Å². The van der Waals surface area contributed by atoms with Crippen LogP contribution in [0.1, 0.15) is 35.3 Å². The normalized spacial score (nSPS) is 10.5. The number of carboxylic acid groups (broad SMARTS) is 1. The summed E-state index contributed by atoms with van der Waals surface area (Å²) in [5, 5.41) is 17.4. The summed E-state index contributed by atoms with van der Waals surface area (Å²) in [6.07, 6.45) is 1.92. The molecule has 2 aromatic rings. The van der Waals surface area contributed by atoms with E-state index in [0.29, 0.717) is 24.3 Å². The van der Waals surface area contributed by atoms with Crippen molar-refractivity contribution in [3.05, 3.63) is 59.2 Å². The second kappa shape index (κ2) is 9.86. The summed E-state index contributed by atoms with van der Waals surface area (Å²) >= 11 is 0. The van der Waals surface area contributed by atoms with E-state index in [9.17, 15) is 19.5 Å². The van der Waals surface area contributed by atoms with Crippen molar-refractivity contribution in [2.24, 2.45) is 5.10 Å². The van der Waals surface area contributed by atoms with E-state index in [1.54, 1.807) is 25.1 Å². The Bertz CT molecular complexity index is 908. The van der Waals surface area contributed by atoms with Crippen molar-refractivity contribution in [1.29, 1.82) is 0 Å². The maximum absolute atomic E-state index is 12.0. The van der Waals surface area contributed by atoms with Gasteiger partial charge in [0.05, 0.1) is 18.8 Å². The average molecular weight is 382 g/mol. The molecule has 0 radical (unpaired) electrons. The minimum atomic E-state index is -1.39. The third-order valence-corrected chi connectivity index (χ3v) is 3.76. The van der Waals surface area contributed by atoms with Crippen molar-refractivity contribution in [2.75, 3.05) is 11.9 Å². The lowest BCUT2D eigenvalue weighted by atomic mass is 10.1. The number of aryl methyl sites for hydroxylation is 1. The van der Waals surface area contributed by atoms with Gasteiger partial charge in [-0.2, -0.15) is 5.10 Å². The molecule has 2 aromatic carbocycles. The van der Waals surface area contributed by atoms with E-state index in [0.717, 1.165) is 5.56 Å². The standard InChI is InChI=1S/C20H21N3O5/c1-3-14-7-5-6-8-16(14)22-18(24)19(25)23-21-12-13-9-10-17(28-4-2)15(11-13)20(26)27/h5-12H,3-4H2,1-2H3,(H,22,24)(H,23,25)(H,26,27)/p-1/b21-12-. The number of rotatable bonds is 7. The smallest absolute Gasteiger partial charge is 0.329 e. The Balaban J connectivity index is 2.01. The number of amides is 2. The highest BCUT2D eigenvalue weighted by Crippen LogP contribution is 2.19. The van der Waals surface area contributed by atoms with Gasteiger partial charge in [0.25, 0.3) is 0 Å². The van der Waals surface area contributed by atoms with Gasteiger partial charge in [0.1, 0.15) is 5.75 Å². The second-order valence-corrected chi connectivity index (χ2v) is 5.64. The molecule has 0 saturated heterocycles. The molecule has 0 atom stereocenters. The van der Waals surface area contributed by atoms with Gasteiger partial charge in [-0.25, -0.2) is 5.43 Å². The first-order valence-corrected chi connectivity index (χ1v) is 8.66. The third kappa shape index (κ3) is 5.41. The highest BCUT2D eigenvalue weighted by molar-refractivity contribution is 6.39. The summed E-state index contributed by atoms with van der Waals surface area (Å²) in [6.45, 7) is 3.97. The molecule has 0 saturated carbocycles. The van der Waals surface area contributed by atoms with E-state index >= 15 is 0 Å². The zero-order valence-electron chi connectivity index (χ0n) is 15.5. The van der Waals surface area contributed by atoms with Crippen LogP contribution in [0.4, 0.5) is 5.69 Å². The first-order chi connectivity index (χ1) is 13.5. The van der Waals surface area contributed by atoms with E-state index in [4.69, 9.17) is 4.74 Å². The van der Waals surface area contributed by atoms with Crippen LogP contribution in [-0.2, 0) is 16.0 Å². The minimum Gasteiger partial charge on any atom is -0.545 e. The Morgan fingerprint density at radius 2 is 1.86 bits per heavy atom. The van der Waals surface area contributed by atoms with Crippen LogP contribution in [0.25, 0.3) is 0 Å². The molecule has 0 fully saturated rings. The molecule has 8 heteroatoms. The molecule has 0 spiro atoms. The molecular weight excluding hydrogens is 362 g/mol. The number of benzene rings is 2. The number of nitrogens with one attached hydrogen (secondary N) is 2. The average Bonchev–Trinajstić information content (AvgIpc) is 2.69. The number of nitrogens with zero attached hydrogens (tertiary/aromatic N) is 1. The number of carboxylic acids is 1. The number of ether oxygens (including phenoxy) is 1. The van der Waals surface area contributed by atoms with Crippen LogP contribution in [0.2, 0.25) is 0 Å². The van der Waals surface area contributed by atoms with Gasteiger partial charge in [0, 0.05) is 11.3 Å².